The van der Waals surface area contributed by atoms with E-state index in [1.54, 1.807) is 0 Å². The van der Waals surface area contributed by atoms with E-state index in [9.17, 15) is 0 Å². The Labute approximate surface area is 66.8 Å². The summed E-state index contributed by atoms with van der Waals surface area (Å²) in [7, 11) is 1.96. The first-order chi connectivity index (χ1) is 5.42. The number of nitrogens with one attached hydrogen (secondary N) is 1. The number of anilines is 2. The molecule has 0 radical (unpaired) electrons. The van der Waals surface area contributed by atoms with Crippen LogP contribution in [0.5, 0.6) is 0 Å². The Hall–Kier alpha value is -1.18. The molecule has 0 saturated carbocycles. The first kappa shape index (κ1) is 6.53. The minimum absolute atomic E-state index is 1.21. The molecule has 0 bridgehead atoms. The van der Waals surface area contributed by atoms with Crippen LogP contribution in [0.15, 0.2) is 24.3 Å². The van der Waals surface area contributed by atoms with Gasteiger partial charge in [0.15, 0.2) is 0 Å². The van der Waals surface area contributed by atoms with Gasteiger partial charge in [-0.05, 0) is 12.1 Å². The number of nitrogens with zero attached hydrogens (tertiary/aromatic N) is 1. The van der Waals surface area contributed by atoms with Gasteiger partial charge >= 0.3 is 0 Å². The van der Waals surface area contributed by atoms with Crippen molar-refractivity contribution in [3.8, 4) is 0 Å². The van der Waals surface area contributed by atoms with Crippen LogP contribution in [0, 0.1) is 0 Å². The largest absolute Gasteiger partial charge is 0.386 e. The summed E-state index contributed by atoms with van der Waals surface area (Å²) in [4.78, 5) is 2.34. The Balaban J connectivity index is 2.34. The van der Waals surface area contributed by atoms with Crippen molar-refractivity contribution in [3.05, 3.63) is 24.3 Å². The smallest absolute Gasteiger partial charge is 0.0603 e. The molecule has 0 aliphatic carbocycles. The molecule has 1 N–H and O–H groups in total. The van der Waals surface area contributed by atoms with E-state index in [0.29, 0.717) is 0 Å². The van der Waals surface area contributed by atoms with Crippen LogP contribution in [0.3, 0.4) is 0 Å². The molecule has 2 nitrogen and oxygen atoms in total. The fourth-order valence-electron chi connectivity index (χ4n) is 1.25. The fourth-order valence-corrected chi connectivity index (χ4v) is 1.25. The topological polar surface area (TPSA) is 15.0 Å². The van der Waals surface area contributed by atoms with Crippen molar-refractivity contribution in [2.24, 2.45) is 0 Å². The molecule has 2 rings (SSSR count). The lowest BCUT2D eigenvalue weighted by Crippen LogP contribution is -1.96. The van der Waals surface area contributed by atoms with Gasteiger partial charge in [-0.2, -0.15) is 0 Å². The number of hydrogen-bond acceptors (Lipinski definition) is 2. The third-order valence-corrected chi connectivity index (χ3v) is 1.96. The van der Waals surface area contributed by atoms with Gasteiger partial charge in [0, 0.05) is 20.1 Å². The van der Waals surface area contributed by atoms with Gasteiger partial charge in [-0.1, -0.05) is 12.1 Å². The quantitative estimate of drug-likeness (QED) is 0.640. The molecule has 0 atom stereocenters. The molecule has 1 heterocycles. The van der Waals surface area contributed by atoms with Crippen molar-refractivity contribution < 1.29 is 0 Å². The molecular weight excluding hydrogens is 136 g/mol. The lowest BCUT2D eigenvalue weighted by molar-refractivity contribution is 1.37. The predicted molar refractivity (Wildman–Crippen MR) is 48.2 cm³/mol. The van der Waals surface area contributed by atoms with Crippen LogP contribution < -0.4 is 10.2 Å². The summed E-state index contributed by atoms with van der Waals surface area (Å²) in [5.74, 6) is 0. The van der Waals surface area contributed by atoms with Gasteiger partial charge in [0.1, 0.15) is 0 Å². The minimum Gasteiger partial charge on any atom is -0.386 e. The van der Waals surface area contributed by atoms with Gasteiger partial charge in [0.2, 0.25) is 0 Å². The number of para-hydroxylation sites is 2. The zero-order chi connectivity index (χ0) is 7.68. The van der Waals surface area contributed by atoms with Gasteiger partial charge in [-0.25, -0.2) is 0 Å². The average Bonchev–Trinajstić information content (AvgIpc) is 2.87. The summed E-state index contributed by atoms with van der Waals surface area (Å²) in [5.41, 5.74) is 2.56. The second-order valence-electron chi connectivity index (χ2n) is 2.75. The minimum atomic E-state index is 1.21. The Kier molecular flexibility index (Phi) is 1.46. The Morgan fingerprint density at radius 3 is 2.64 bits per heavy atom. The SMILES string of the molecule is CNc1ccccc1N1CC1. The number of benzene rings is 1. The van der Waals surface area contributed by atoms with Gasteiger partial charge in [-0.3, -0.25) is 0 Å². The molecule has 1 aromatic carbocycles. The summed E-state index contributed by atoms with van der Waals surface area (Å²) in [6, 6.07) is 8.39. The molecule has 0 unspecified atom stereocenters. The van der Waals surface area contributed by atoms with Crippen molar-refractivity contribution in [2.75, 3.05) is 30.4 Å². The monoisotopic (exact) mass is 148 g/mol. The fraction of sp³-hybridized carbons (Fsp3) is 0.333. The standard InChI is InChI=1S/C9H12N2/c1-10-8-4-2-3-5-9(8)11-6-7-11/h2-5,10H,6-7H2,1H3. The van der Waals surface area contributed by atoms with Crippen molar-refractivity contribution in [1.82, 2.24) is 0 Å². The normalized spacial score (nSPS) is 14.8. The van der Waals surface area contributed by atoms with Crippen LogP contribution in [0.4, 0.5) is 11.4 Å². The van der Waals surface area contributed by atoms with Crippen LogP contribution in [-0.2, 0) is 0 Å². The van der Waals surface area contributed by atoms with Gasteiger partial charge in [0.05, 0.1) is 11.4 Å². The number of rotatable bonds is 2. The molecular formula is C9H12N2. The summed E-state index contributed by atoms with van der Waals surface area (Å²) >= 11 is 0. The van der Waals surface area contributed by atoms with Crippen LogP contribution in [-0.4, -0.2) is 20.1 Å². The first-order valence-corrected chi connectivity index (χ1v) is 3.93. The molecule has 58 valence electrons. The Morgan fingerprint density at radius 1 is 1.27 bits per heavy atom. The van der Waals surface area contributed by atoms with Crippen LogP contribution in [0.2, 0.25) is 0 Å². The molecule has 11 heavy (non-hydrogen) atoms. The Bertz CT molecular complexity index is 253. The molecule has 2 heteroatoms. The van der Waals surface area contributed by atoms with E-state index in [0.717, 1.165) is 0 Å². The van der Waals surface area contributed by atoms with Gasteiger partial charge in [0.25, 0.3) is 0 Å². The number of hydrogen-bond donors (Lipinski definition) is 1. The molecule has 1 aliphatic heterocycles. The summed E-state index contributed by atoms with van der Waals surface area (Å²) in [6.07, 6.45) is 0. The van der Waals surface area contributed by atoms with Crippen molar-refractivity contribution >= 4 is 11.4 Å². The summed E-state index contributed by atoms with van der Waals surface area (Å²) < 4.78 is 0. The maximum atomic E-state index is 3.18. The van der Waals surface area contributed by atoms with E-state index in [-0.39, 0.29) is 0 Å². The van der Waals surface area contributed by atoms with E-state index >= 15 is 0 Å². The van der Waals surface area contributed by atoms with Crippen molar-refractivity contribution in [2.45, 2.75) is 0 Å². The molecule has 0 amide bonds. The van der Waals surface area contributed by atoms with Crippen LogP contribution >= 0.6 is 0 Å². The lowest BCUT2D eigenvalue weighted by Gasteiger charge is -2.08. The van der Waals surface area contributed by atoms with Crippen LogP contribution in [0.1, 0.15) is 0 Å². The first-order valence-electron chi connectivity index (χ1n) is 3.93. The lowest BCUT2D eigenvalue weighted by atomic mass is 10.2. The molecule has 0 aromatic heterocycles. The van der Waals surface area contributed by atoms with E-state index in [1.807, 2.05) is 7.05 Å². The zero-order valence-corrected chi connectivity index (χ0v) is 6.67. The summed E-state index contributed by atoms with van der Waals surface area (Å²) in [5, 5.41) is 3.18. The maximum absolute atomic E-state index is 3.18. The van der Waals surface area contributed by atoms with Crippen LogP contribution in [0.25, 0.3) is 0 Å². The van der Waals surface area contributed by atoms with Crippen molar-refractivity contribution in [3.63, 3.8) is 0 Å². The highest BCUT2D eigenvalue weighted by atomic mass is 15.3. The molecule has 0 spiro atoms. The van der Waals surface area contributed by atoms with Gasteiger partial charge < -0.3 is 10.2 Å². The van der Waals surface area contributed by atoms with E-state index in [4.69, 9.17) is 0 Å². The second-order valence-corrected chi connectivity index (χ2v) is 2.75. The molecule has 1 aliphatic rings. The second kappa shape index (κ2) is 2.46. The third kappa shape index (κ3) is 1.16. The molecule has 1 fully saturated rings. The van der Waals surface area contributed by atoms with Crippen molar-refractivity contribution in [1.29, 1.82) is 0 Å². The molecule has 1 saturated heterocycles. The highest BCUT2D eigenvalue weighted by Gasteiger charge is 2.19. The highest BCUT2D eigenvalue weighted by Crippen LogP contribution is 2.28. The van der Waals surface area contributed by atoms with Gasteiger partial charge in [-0.15, -0.1) is 0 Å². The van der Waals surface area contributed by atoms with E-state index < -0.39 is 0 Å². The van der Waals surface area contributed by atoms with E-state index in [2.05, 4.69) is 34.5 Å². The Morgan fingerprint density at radius 2 is 2.00 bits per heavy atom. The predicted octanol–water partition coefficient (Wildman–Crippen LogP) is 1.55. The zero-order valence-electron chi connectivity index (χ0n) is 6.67. The molecule has 1 aromatic rings. The summed E-state index contributed by atoms with van der Waals surface area (Å²) in [6.45, 7) is 2.41. The third-order valence-electron chi connectivity index (χ3n) is 1.96. The highest BCUT2D eigenvalue weighted by molar-refractivity contribution is 5.71. The average molecular weight is 148 g/mol. The van der Waals surface area contributed by atoms with E-state index in [1.165, 1.54) is 24.5 Å². The maximum Gasteiger partial charge on any atom is 0.0603 e.